The Bertz CT molecular complexity index is 205. The molecular formula is C12H24ClNO2. The number of nitrogens with zero attached hydrogens (tertiary/aromatic N) is 1. The van der Waals surface area contributed by atoms with Crippen molar-refractivity contribution in [1.29, 1.82) is 0 Å². The van der Waals surface area contributed by atoms with Crippen molar-refractivity contribution < 1.29 is 26.4 Å². The Hall–Kier alpha value is -0.540. The van der Waals surface area contributed by atoms with Crippen LogP contribution >= 0.6 is 0 Å². The molecule has 0 saturated heterocycles. The van der Waals surface area contributed by atoms with Gasteiger partial charge in [-0.05, 0) is 12.8 Å². The van der Waals surface area contributed by atoms with Crippen molar-refractivity contribution >= 4 is 5.97 Å². The molecule has 4 heteroatoms. The Balaban J connectivity index is 0. The average molecular weight is 250 g/mol. The van der Waals surface area contributed by atoms with Gasteiger partial charge in [-0.25, -0.2) is 4.79 Å². The molecule has 0 bridgehead atoms. The zero-order chi connectivity index (χ0) is 11.7. The number of likely N-dealkylation sites (N-methyl/N-ethyl adjacent to an activating group) is 1. The Labute approximate surface area is 105 Å². The first kappa shape index (κ1) is 17.8. The largest absolute Gasteiger partial charge is 1.00 e. The first-order chi connectivity index (χ1) is 7.02. The molecule has 16 heavy (non-hydrogen) atoms. The molecule has 96 valence electrons. The average Bonchev–Trinajstić information content (AvgIpc) is 2.17. The molecule has 0 N–H and O–H groups in total. The number of ether oxygens (including phenoxy) is 1. The number of hydrogen-bond donors (Lipinski definition) is 0. The summed E-state index contributed by atoms with van der Waals surface area (Å²) in [5.41, 5.74) is 0. The number of carbonyl (C=O) groups is 1. The minimum Gasteiger partial charge on any atom is -1.00 e. The van der Waals surface area contributed by atoms with Crippen molar-refractivity contribution in [2.45, 2.75) is 26.2 Å². The highest BCUT2D eigenvalue weighted by Crippen LogP contribution is 2.03. The topological polar surface area (TPSA) is 26.3 Å². The van der Waals surface area contributed by atoms with Gasteiger partial charge in [-0.15, -0.1) is 0 Å². The van der Waals surface area contributed by atoms with E-state index in [9.17, 15) is 4.79 Å². The van der Waals surface area contributed by atoms with Gasteiger partial charge in [0.15, 0.2) is 0 Å². The highest BCUT2D eigenvalue weighted by molar-refractivity contribution is 5.81. The second-order valence-electron chi connectivity index (χ2n) is 4.46. The molecule has 0 aliphatic rings. The van der Waals surface area contributed by atoms with E-state index in [-0.39, 0.29) is 18.4 Å². The maximum atomic E-state index is 10.8. The molecule has 0 heterocycles. The molecule has 0 aromatic carbocycles. The fourth-order valence-corrected chi connectivity index (χ4v) is 1.35. The first-order valence-corrected chi connectivity index (χ1v) is 5.63. The van der Waals surface area contributed by atoms with E-state index < -0.39 is 0 Å². The molecule has 0 spiro atoms. The predicted molar refractivity (Wildman–Crippen MR) is 62.5 cm³/mol. The summed E-state index contributed by atoms with van der Waals surface area (Å²) >= 11 is 0. The summed E-state index contributed by atoms with van der Waals surface area (Å²) in [5.74, 6) is -0.330. The van der Waals surface area contributed by atoms with E-state index in [2.05, 4.69) is 27.6 Å². The van der Waals surface area contributed by atoms with Crippen LogP contribution in [-0.4, -0.2) is 44.2 Å². The third-order valence-corrected chi connectivity index (χ3v) is 2.47. The van der Waals surface area contributed by atoms with Crippen LogP contribution in [0.25, 0.3) is 0 Å². The van der Waals surface area contributed by atoms with Gasteiger partial charge in [-0.2, -0.15) is 0 Å². The number of hydrogen-bond acceptors (Lipinski definition) is 2. The molecule has 0 fully saturated rings. The number of unbranched alkanes of at least 4 members (excludes halogenated alkanes) is 2. The van der Waals surface area contributed by atoms with E-state index in [0.717, 1.165) is 17.6 Å². The number of halogens is 1. The molecule has 0 saturated carbocycles. The third kappa shape index (κ3) is 9.99. The molecule has 3 nitrogen and oxygen atoms in total. The van der Waals surface area contributed by atoms with Gasteiger partial charge < -0.3 is 21.6 Å². The molecule has 0 radical (unpaired) electrons. The lowest BCUT2D eigenvalue weighted by atomic mass is 10.2. The van der Waals surface area contributed by atoms with E-state index in [1.165, 1.54) is 25.3 Å². The fraction of sp³-hybridized carbons (Fsp3) is 0.750. The van der Waals surface area contributed by atoms with Crippen LogP contribution in [0, 0.1) is 0 Å². The van der Waals surface area contributed by atoms with Crippen LogP contribution in [0.5, 0.6) is 0 Å². The Morgan fingerprint density at radius 3 is 2.44 bits per heavy atom. The van der Waals surface area contributed by atoms with E-state index in [1.54, 1.807) is 0 Å². The van der Waals surface area contributed by atoms with Crippen molar-refractivity contribution in [3.05, 3.63) is 12.7 Å². The second-order valence-corrected chi connectivity index (χ2v) is 4.46. The lowest BCUT2D eigenvalue weighted by Gasteiger charge is -2.29. The SMILES string of the molecule is C=CC(=O)OCC[N+](C)(C)CCCCC.[Cl-]. The summed E-state index contributed by atoms with van der Waals surface area (Å²) in [4.78, 5) is 10.8. The Morgan fingerprint density at radius 1 is 1.31 bits per heavy atom. The van der Waals surface area contributed by atoms with Gasteiger partial charge in [-0.1, -0.05) is 19.9 Å². The molecule has 0 rings (SSSR count). The van der Waals surface area contributed by atoms with Gasteiger partial charge in [0.25, 0.3) is 0 Å². The molecule has 0 amide bonds. The minimum absolute atomic E-state index is 0. The number of esters is 1. The highest BCUT2D eigenvalue weighted by Gasteiger charge is 2.14. The van der Waals surface area contributed by atoms with Crippen molar-refractivity contribution in [3.8, 4) is 0 Å². The zero-order valence-electron chi connectivity index (χ0n) is 10.7. The Kier molecular flexibility index (Phi) is 10.8. The summed E-state index contributed by atoms with van der Waals surface area (Å²) < 4.78 is 5.87. The standard InChI is InChI=1S/C12H24NO2.ClH/c1-5-7-8-9-13(3,4)10-11-15-12(14)6-2;/h6H,2,5,7-11H2,1,3-4H3;1H/q+1;/p-1. The highest BCUT2D eigenvalue weighted by atomic mass is 35.5. The number of rotatable bonds is 8. The van der Waals surface area contributed by atoms with Crippen molar-refractivity contribution in [3.63, 3.8) is 0 Å². The van der Waals surface area contributed by atoms with Crippen molar-refractivity contribution in [2.75, 3.05) is 33.8 Å². The van der Waals surface area contributed by atoms with Gasteiger partial charge in [-0.3, -0.25) is 0 Å². The third-order valence-electron chi connectivity index (χ3n) is 2.47. The normalized spacial score (nSPS) is 10.4. The van der Waals surface area contributed by atoms with Crippen LogP contribution in [0.4, 0.5) is 0 Å². The van der Waals surface area contributed by atoms with Crippen LogP contribution in [0.15, 0.2) is 12.7 Å². The lowest BCUT2D eigenvalue weighted by Crippen LogP contribution is -3.00. The lowest BCUT2D eigenvalue weighted by molar-refractivity contribution is -0.890. The molecule has 0 aromatic rings. The molecular weight excluding hydrogens is 226 g/mol. The maximum Gasteiger partial charge on any atom is 0.330 e. The smallest absolute Gasteiger partial charge is 0.330 e. The molecule has 0 atom stereocenters. The van der Waals surface area contributed by atoms with Gasteiger partial charge in [0, 0.05) is 6.08 Å². The van der Waals surface area contributed by atoms with Gasteiger partial charge >= 0.3 is 5.97 Å². The summed E-state index contributed by atoms with van der Waals surface area (Å²) in [7, 11) is 4.33. The van der Waals surface area contributed by atoms with E-state index in [0.29, 0.717) is 6.61 Å². The first-order valence-electron chi connectivity index (χ1n) is 5.63. The van der Waals surface area contributed by atoms with Gasteiger partial charge in [0.1, 0.15) is 13.2 Å². The van der Waals surface area contributed by atoms with E-state index in [1.807, 2.05) is 0 Å². The quantitative estimate of drug-likeness (QED) is 0.238. The van der Waals surface area contributed by atoms with Crippen LogP contribution in [0.2, 0.25) is 0 Å². The van der Waals surface area contributed by atoms with E-state index >= 15 is 0 Å². The summed E-state index contributed by atoms with van der Waals surface area (Å²) in [6, 6.07) is 0. The van der Waals surface area contributed by atoms with Crippen molar-refractivity contribution in [1.82, 2.24) is 0 Å². The maximum absolute atomic E-state index is 10.8. The molecule has 0 unspecified atom stereocenters. The van der Waals surface area contributed by atoms with E-state index in [4.69, 9.17) is 4.74 Å². The van der Waals surface area contributed by atoms with Crippen LogP contribution in [0.1, 0.15) is 26.2 Å². The van der Waals surface area contributed by atoms with Gasteiger partial charge in [0.2, 0.25) is 0 Å². The number of carbonyl (C=O) groups excluding carboxylic acids is 1. The second kappa shape index (κ2) is 9.67. The summed E-state index contributed by atoms with van der Waals surface area (Å²) in [5, 5.41) is 0. The monoisotopic (exact) mass is 249 g/mol. The van der Waals surface area contributed by atoms with Crippen LogP contribution in [-0.2, 0) is 9.53 Å². The fourth-order valence-electron chi connectivity index (χ4n) is 1.35. The molecule has 0 aliphatic heterocycles. The molecule has 0 aliphatic carbocycles. The van der Waals surface area contributed by atoms with Crippen LogP contribution < -0.4 is 12.4 Å². The Morgan fingerprint density at radius 2 is 1.94 bits per heavy atom. The predicted octanol–water partition coefficient (Wildman–Crippen LogP) is -1.01. The summed E-state index contributed by atoms with van der Waals surface area (Å²) in [6.07, 6.45) is 4.95. The minimum atomic E-state index is -0.330. The zero-order valence-corrected chi connectivity index (χ0v) is 11.4. The van der Waals surface area contributed by atoms with Crippen molar-refractivity contribution in [2.24, 2.45) is 0 Å². The van der Waals surface area contributed by atoms with Gasteiger partial charge in [0.05, 0.1) is 20.6 Å². The number of quaternary nitrogens is 1. The summed E-state index contributed by atoms with van der Waals surface area (Å²) in [6.45, 7) is 8.04. The van der Waals surface area contributed by atoms with Crippen LogP contribution in [0.3, 0.4) is 0 Å². The molecule has 0 aromatic heterocycles.